The number of benzene rings is 2. The van der Waals surface area contributed by atoms with E-state index in [-0.39, 0.29) is 17.8 Å². The van der Waals surface area contributed by atoms with Crippen molar-refractivity contribution in [1.82, 2.24) is 14.5 Å². The second-order valence-electron chi connectivity index (χ2n) is 8.96. The van der Waals surface area contributed by atoms with Crippen LogP contribution < -0.4 is 4.74 Å². The molecule has 33 heavy (non-hydrogen) atoms. The minimum absolute atomic E-state index is 0.0168. The van der Waals surface area contributed by atoms with Crippen LogP contribution in [0.5, 0.6) is 5.75 Å². The van der Waals surface area contributed by atoms with Crippen molar-refractivity contribution in [3.05, 3.63) is 83.2 Å². The average Bonchev–Trinajstić information content (AvgIpc) is 3.56. The number of hydrogen-bond acceptors (Lipinski definition) is 3. The lowest BCUT2D eigenvalue weighted by molar-refractivity contribution is -0.131. The highest BCUT2D eigenvalue weighted by Crippen LogP contribution is 2.46. The molecule has 2 heterocycles. The number of imidazole rings is 1. The summed E-state index contributed by atoms with van der Waals surface area (Å²) >= 11 is 0. The summed E-state index contributed by atoms with van der Waals surface area (Å²) in [5.41, 5.74) is 4.60. The molecule has 1 saturated carbocycles. The van der Waals surface area contributed by atoms with Gasteiger partial charge in [0.2, 0.25) is 5.91 Å². The molecule has 170 valence electrons. The first-order chi connectivity index (χ1) is 16.0. The Labute approximate surface area is 193 Å². The molecular formula is C27H28FN3O2. The van der Waals surface area contributed by atoms with Crippen LogP contribution in [0, 0.1) is 18.7 Å². The molecule has 2 aliphatic rings. The van der Waals surface area contributed by atoms with Gasteiger partial charge in [-0.15, -0.1) is 0 Å². The zero-order valence-electron chi connectivity index (χ0n) is 19.0. The van der Waals surface area contributed by atoms with Crippen molar-refractivity contribution in [2.75, 3.05) is 13.7 Å². The molecule has 5 nitrogen and oxygen atoms in total. The Morgan fingerprint density at radius 2 is 1.97 bits per heavy atom. The van der Waals surface area contributed by atoms with E-state index in [0.717, 1.165) is 66.1 Å². The number of amides is 1. The van der Waals surface area contributed by atoms with Crippen LogP contribution >= 0.6 is 0 Å². The first-order valence-electron chi connectivity index (χ1n) is 11.5. The van der Waals surface area contributed by atoms with Crippen LogP contribution in [0.4, 0.5) is 4.39 Å². The fraction of sp³-hybridized carbons (Fsp3) is 0.333. The number of carbonyl (C=O) groups excluding carboxylic acids is 1. The molecule has 0 radical (unpaired) electrons. The number of aryl methyl sites for hydroxylation is 1. The lowest BCUT2D eigenvalue weighted by Crippen LogP contribution is -2.40. The number of hydrogen-bond donors (Lipinski definition) is 0. The summed E-state index contributed by atoms with van der Waals surface area (Å²) in [7, 11) is 1.65. The molecule has 6 heteroatoms. The van der Waals surface area contributed by atoms with Crippen LogP contribution in [0.25, 0.3) is 11.8 Å². The van der Waals surface area contributed by atoms with Crippen molar-refractivity contribution >= 4 is 12.0 Å². The molecule has 0 unspecified atom stereocenters. The van der Waals surface area contributed by atoms with E-state index in [9.17, 15) is 9.18 Å². The van der Waals surface area contributed by atoms with Crippen LogP contribution in [0.15, 0.2) is 60.6 Å². The largest absolute Gasteiger partial charge is 0.495 e. The highest BCUT2D eigenvalue weighted by atomic mass is 19.1. The van der Waals surface area contributed by atoms with Crippen molar-refractivity contribution in [2.45, 2.75) is 38.6 Å². The quantitative estimate of drug-likeness (QED) is 0.472. The molecule has 1 atom stereocenters. The van der Waals surface area contributed by atoms with E-state index in [0.29, 0.717) is 5.92 Å². The normalized spacial score (nSPS) is 18.6. The maximum absolute atomic E-state index is 13.5. The Morgan fingerprint density at radius 1 is 1.18 bits per heavy atom. The molecule has 5 rings (SSSR count). The van der Waals surface area contributed by atoms with Gasteiger partial charge < -0.3 is 14.2 Å². The van der Waals surface area contributed by atoms with Crippen LogP contribution in [0.1, 0.15) is 48.5 Å². The van der Waals surface area contributed by atoms with Gasteiger partial charge in [0.1, 0.15) is 11.6 Å². The van der Waals surface area contributed by atoms with Gasteiger partial charge in [0.15, 0.2) is 0 Å². The third-order valence-electron chi connectivity index (χ3n) is 6.53. The molecule has 3 aromatic rings. The lowest BCUT2D eigenvalue weighted by atomic mass is 9.94. The number of rotatable bonds is 6. The van der Waals surface area contributed by atoms with Crippen molar-refractivity contribution in [3.8, 4) is 11.4 Å². The summed E-state index contributed by atoms with van der Waals surface area (Å²) in [6, 6.07) is 12.6. The minimum Gasteiger partial charge on any atom is -0.495 e. The van der Waals surface area contributed by atoms with Crippen LogP contribution in [-0.2, 0) is 4.79 Å². The lowest BCUT2D eigenvalue weighted by Gasteiger charge is -2.36. The number of aromatic nitrogens is 2. The van der Waals surface area contributed by atoms with Gasteiger partial charge in [-0.2, -0.15) is 0 Å². The number of carbonyl (C=O) groups is 1. The van der Waals surface area contributed by atoms with E-state index in [1.165, 1.54) is 12.1 Å². The standard InChI is InChI=1S/C27H28FN3O2/c1-18-16-30(17-29-18)24-12-5-19(15-25(24)33-2)14-22-4-3-13-31(27(22)32)26(20-6-7-20)21-8-10-23(28)11-9-21/h5,8-12,14-17,20,26H,3-4,6-7,13H2,1-2H3/b22-14+/t26-/m1/s1. The molecule has 0 N–H and O–H groups in total. The predicted molar refractivity (Wildman–Crippen MR) is 126 cm³/mol. The smallest absolute Gasteiger partial charge is 0.250 e. The summed E-state index contributed by atoms with van der Waals surface area (Å²) in [6.45, 7) is 2.68. The SMILES string of the molecule is COc1cc(/C=C2\CCCN([C@@H](c3ccc(F)cc3)C3CC3)C2=O)ccc1-n1cnc(C)c1. The number of likely N-dealkylation sites (tertiary alicyclic amines) is 1. The molecule has 0 spiro atoms. The molecular weight excluding hydrogens is 417 g/mol. The van der Waals surface area contributed by atoms with Gasteiger partial charge in [-0.3, -0.25) is 4.79 Å². The molecule has 1 aliphatic carbocycles. The Balaban J connectivity index is 1.43. The van der Waals surface area contributed by atoms with E-state index in [4.69, 9.17) is 4.74 Å². The van der Waals surface area contributed by atoms with E-state index in [1.54, 1.807) is 13.4 Å². The number of piperidine rings is 1. The topological polar surface area (TPSA) is 47.4 Å². The first kappa shape index (κ1) is 21.4. The summed E-state index contributed by atoms with van der Waals surface area (Å²) in [5, 5.41) is 0. The summed E-state index contributed by atoms with van der Waals surface area (Å²) in [6.07, 6.45) is 9.59. The highest BCUT2D eigenvalue weighted by Gasteiger charge is 2.40. The zero-order chi connectivity index (χ0) is 22.9. The summed E-state index contributed by atoms with van der Waals surface area (Å²) in [4.78, 5) is 19.8. The number of methoxy groups -OCH3 is 1. The van der Waals surface area contributed by atoms with Crippen LogP contribution in [0.2, 0.25) is 0 Å². The van der Waals surface area contributed by atoms with Gasteiger partial charge in [-0.05, 0) is 80.0 Å². The summed E-state index contributed by atoms with van der Waals surface area (Å²) in [5.74, 6) is 1.01. The van der Waals surface area contributed by atoms with Crippen molar-refractivity contribution in [1.29, 1.82) is 0 Å². The number of ether oxygens (including phenoxy) is 1. The molecule has 0 bridgehead atoms. The molecule has 1 amide bonds. The molecule has 1 aliphatic heterocycles. The van der Waals surface area contributed by atoms with Gasteiger partial charge in [0.25, 0.3) is 0 Å². The molecule has 2 fully saturated rings. The Kier molecular flexibility index (Phi) is 5.75. The first-order valence-corrected chi connectivity index (χ1v) is 11.5. The van der Waals surface area contributed by atoms with E-state index < -0.39 is 0 Å². The van der Waals surface area contributed by atoms with Gasteiger partial charge in [-0.1, -0.05) is 18.2 Å². The third kappa shape index (κ3) is 4.42. The van der Waals surface area contributed by atoms with E-state index in [1.807, 2.05) is 59.0 Å². The monoisotopic (exact) mass is 445 g/mol. The fourth-order valence-corrected chi connectivity index (χ4v) is 4.76. The number of nitrogens with zero attached hydrogens (tertiary/aromatic N) is 3. The maximum Gasteiger partial charge on any atom is 0.250 e. The van der Waals surface area contributed by atoms with Gasteiger partial charge in [-0.25, -0.2) is 9.37 Å². The molecule has 2 aromatic carbocycles. The van der Waals surface area contributed by atoms with Crippen molar-refractivity contribution < 1.29 is 13.9 Å². The summed E-state index contributed by atoms with van der Waals surface area (Å²) < 4.78 is 21.0. The second kappa shape index (κ2) is 8.85. The van der Waals surface area contributed by atoms with E-state index in [2.05, 4.69) is 4.98 Å². The van der Waals surface area contributed by atoms with Crippen molar-refractivity contribution in [3.63, 3.8) is 0 Å². The van der Waals surface area contributed by atoms with Crippen LogP contribution in [0.3, 0.4) is 0 Å². The highest BCUT2D eigenvalue weighted by molar-refractivity contribution is 5.99. The Hall–Kier alpha value is -3.41. The van der Waals surface area contributed by atoms with Crippen LogP contribution in [-0.4, -0.2) is 34.0 Å². The third-order valence-corrected chi connectivity index (χ3v) is 6.53. The van der Waals surface area contributed by atoms with Gasteiger partial charge in [0, 0.05) is 18.3 Å². The Bertz CT molecular complexity index is 1190. The van der Waals surface area contributed by atoms with Gasteiger partial charge >= 0.3 is 0 Å². The average molecular weight is 446 g/mol. The number of halogens is 1. The fourth-order valence-electron chi connectivity index (χ4n) is 4.76. The van der Waals surface area contributed by atoms with Crippen molar-refractivity contribution in [2.24, 2.45) is 5.92 Å². The maximum atomic E-state index is 13.5. The predicted octanol–water partition coefficient (Wildman–Crippen LogP) is 5.49. The van der Waals surface area contributed by atoms with Gasteiger partial charge in [0.05, 0.1) is 30.9 Å². The van der Waals surface area contributed by atoms with E-state index >= 15 is 0 Å². The Morgan fingerprint density at radius 3 is 2.64 bits per heavy atom. The molecule has 1 aromatic heterocycles. The molecule has 1 saturated heterocycles. The second-order valence-corrected chi connectivity index (χ2v) is 8.96. The minimum atomic E-state index is -0.248. The zero-order valence-corrected chi connectivity index (χ0v) is 19.0.